The Morgan fingerprint density at radius 3 is 2.06 bits per heavy atom. The fraction of sp³-hybridized carbons (Fsp3) is 0.458. The van der Waals surface area contributed by atoms with Crippen LogP contribution in [0.4, 0.5) is 0 Å². The summed E-state index contributed by atoms with van der Waals surface area (Å²) in [5.74, 6) is -2.84. The summed E-state index contributed by atoms with van der Waals surface area (Å²) in [5, 5.41) is 17.5. The Balaban J connectivity index is 2.22. The summed E-state index contributed by atoms with van der Waals surface area (Å²) in [5.41, 5.74) is 6.95. The average Bonchev–Trinajstić information content (AvgIpc) is 3.31. The Hall–Kier alpha value is -3.73. The van der Waals surface area contributed by atoms with Crippen molar-refractivity contribution in [2.24, 2.45) is 11.7 Å². The van der Waals surface area contributed by atoms with Gasteiger partial charge in [-0.2, -0.15) is 0 Å². The van der Waals surface area contributed by atoms with Crippen molar-refractivity contribution in [2.75, 3.05) is 0 Å². The van der Waals surface area contributed by atoms with Crippen LogP contribution in [0.2, 0.25) is 0 Å². The predicted octanol–water partition coefficient (Wildman–Crippen LogP) is 0.127. The lowest BCUT2D eigenvalue weighted by Gasteiger charge is -2.26. The first-order valence-corrected chi connectivity index (χ1v) is 11.5. The van der Waals surface area contributed by atoms with E-state index in [1.54, 1.807) is 24.3 Å². The third-order valence-corrected chi connectivity index (χ3v) is 5.26. The lowest BCUT2D eigenvalue weighted by molar-refractivity contribution is -0.142. The van der Waals surface area contributed by atoms with Gasteiger partial charge in [0.2, 0.25) is 17.7 Å². The summed E-state index contributed by atoms with van der Waals surface area (Å²) in [7, 11) is 0. The average molecular weight is 487 g/mol. The second-order valence-corrected chi connectivity index (χ2v) is 8.91. The van der Waals surface area contributed by atoms with Crippen molar-refractivity contribution in [3.05, 3.63) is 54.1 Å². The summed E-state index contributed by atoms with van der Waals surface area (Å²) in [4.78, 5) is 56.9. The van der Waals surface area contributed by atoms with Crippen molar-refractivity contribution in [2.45, 2.75) is 64.2 Å². The van der Waals surface area contributed by atoms with E-state index in [0.29, 0.717) is 12.1 Å². The van der Waals surface area contributed by atoms with Gasteiger partial charge in [-0.3, -0.25) is 14.4 Å². The van der Waals surface area contributed by atoms with Crippen molar-refractivity contribution in [1.29, 1.82) is 0 Å². The first-order valence-electron chi connectivity index (χ1n) is 11.5. The Labute approximate surface area is 204 Å². The van der Waals surface area contributed by atoms with Gasteiger partial charge in [0.15, 0.2) is 0 Å². The predicted molar refractivity (Wildman–Crippen MR) is 129 cm³/mol. The van der Waals surface area contributed by atoms with E-state index in [-0.39, 0.29) is 18.8 Å². The molecule has 0 fully saturated rings. The highest BCUT2D eigenvalue weighted by Gasteiger charge is 2.30. The minimum Gasteiger partial charge on any atom is -0.480 e. The molecule has 1 aromatic heterocycles. The molecule has 0 saturated carbocycles. The Morgan fingerprint density at radius 1 is 0.914 bits per heavy atom. The van der Waals surface area contributed by atoms with Gasteiger partial charge < -0.3 is 31.8 Å². The standard InChI is InChI=1S/C24H34N6O5/c1-14(2)9-18(28-21(31)15(3)25)22(32)29-19(10-16-7-5-4-6-8-16)23(33)30-20(24(34)35)11-17-12-26-13-27-17/h4-8,12-15,18-20H,9-11,25H2,1-3H3,(H,26,27)(H,28,31)(H,29,32)(H,30,33)(H,34,35). The molecule has 35 heavy (non-hydrogen) atoms. The zero-order valence-corrected chi connectivity index (χ0v) is 20.2. The van der Waals surface area contributed by atoms with Crippen LogP contribution in [0.5, 0.6) is 0 Å². The molecule has 7 N–H and O–H groups in total. The molecule has 0 saturated heterocycles. The van der Waals surface area contributed by atoms with E-state index in [1.165, 1.54) is 19.4 Å². The summed E-state index contributed by atoms with van der Waals surface area (Å²) in [6.07, 6.45) is 3.35. The minimum atomic E-state index is -1.23. The fourth-order valence-electron chi connectivity index (χ4n) is 3.43. The Kier molecular flexibility index (Phi) is 10.4. The van der Waals surface area contributed by atoms with E-state index in [4.69, 9.17) is 5.73 Å². The van der Waals surface area contributed by atoms with Crippen LogP contribution in [0.1, 0.15) is 38.4 Å². The molecule has 11 nitrogen and oxygen atoms in total. The SMILES string of the molecule is CC(C)CC(NC(=O)C(C)N)C(=O)NC(Cc1ccccc1)C(=O)NC(Cc1cnc[nH]1)C(=O)O. The van der Waals surface area contributed by atoms with Gasteiger partial charge in [0, 0.05) is 24.7 Å². The van der Waals surface area contributed by atoms with Crippen LogP contribution in [-0.2, 0) is 32.0 Å². The first-order chi connectivity index (χ1) is 16.6. The van der Waals surface area contributed by atoms with Crippen molar-refractivity contribution in [3.8, 4) is 0 Å². The largest absolute Gasteiger partial charge is 0.480 e. The lowest BCUT2D eigenvalue weighted by atomic mass is 10.0. The number of aromatic amines is 1. The third kappa shape index (κ3) is 9.20. The molecule has 0 radical (unpaired) electrons. The van der Waals surface area contributed by atoms with Gasteiger partial charge in [0.05, 0.1) is 12.4 Å². The quantitative estimate of drug-likeness (QED) is 0.233. The monoisotopic (exact) mass is 486 g/mol. The van der Waals surface area contributed by atoms with Gasteiger partial charge in [0.1, 0.15) is 18.1 Å². The second-order valence-electron chi connectivity index (χ2n) is 8.91. The number of hydrogen-bond acceptors (Lipinski definition) is 6. The summed E-state index contributed by atoms with van der Waals surface area (Å²) in [6.45, 7) is 5.32. The minimum absolute atomic E-state index is 0.00645. The van der Waals surface area contributed by atoms with Crippen LogP contribution in [-0.4, -0.2) is 62.9 Å². The summed E-state index contributed by atoms with van der Waals surface area (Å²) < 4.78 is 0. The second kappa shape index (κ2) is 13.2. The molecule has 0 aliphatic rings. The molecule has 4 unspecified atom stereocenters. The molecule has 4 atom stereocenters. The van der Waals surface area contributed by atoms with Crippen LogP contribution in [0.15, 0.2) is 42.9 Å². The molecule has 1 heterocycles. The number of nitrogens with zero attached hydrogens (tertiary/aromatic N) is 1. The van der Waals surface area contributed by atoms with Crippen molar-refractivity contribution >= 4 is 23.7 Å². The molecular weight excluding hydrogens is 452 g/mol. The number of carbonyl (C=O) groups excluding carboxylic acids is 3. The number of nitrogens with one attached hydrogen (secondary N) is 4. The highest BCUT2D eigenvalue weighted by atomic mass is 16.4. The number of nitrogens with two attached hydrogens (primary N) is 1. The van der Waals surface area contributed by atoms with Crippen LogP contribution in [0, 0.1) is 5.92 Å². The molecule has 0 bridgehead atoms. The van der Waals surface area contributed by atoms with E-state index in [1.807, 2.05) is 19.9 Å². The highest BCUT2D eigenvalue weighted by molar-refractivity contribution is 5.94. The number of carboxylic acids is 1. The van der Waals surface area contributed by atoms with Gasteiger partial charge in [-0.1, -0.05) is 44.2 Å². The van der Waals surface area contributed by atoms with E-state index in [2.05, 4.69) is 25.9 Å². The van der Waals surface area contributed by atoms with Gasteiger partial charge in [-0.05, 0) is 24.8 Å². The van der Waals surface area contributed by atoms with Crippen LogP contribution in [0.25, 0.3) is 0 Å². The van der Waals surface area contributed by atoms with Crippen LogP contribution >= 0.6 is 0 Å². The molecule has 190 valence electrons. The van der Waals surface area contributed by atoms with Crippen molar-refractivity contribution in [3.63, 3.8) is 0 Å². The molecule has 0 aliphatic heterocycles. The maximum atomic E-state index is 13.2. The number of aromatic nitrogens is 2. The highest BCUT2D eigenvalue weighted by Crippen LogP contribution is 2.09. The molecule has 1 aromatic carbocycles. The van der Waals surface area contributed by atoms with Gasteiger partial charge in [0.25, 0.3) is 0 Å². The van der Waals surface area contributed by atoms with Crippen LogP contribution in [0.3, 0.4) is 0 Å². The number of carbonyl (C=O) groups is 4. The summed E-state index contributed by atoms with van der Waals surface area (Å²) >= 11 is 0. The van der Waals surface area contributed by atoms with E-state index < -0.39 is 47.9 Å². The fourth-order valence-corrected chi connectivity index (χ4v) is 3.43. The zero-order valence-electron chi connectivity index (χ0n) is 20.2. The lowest BCUT2D eigenvalue weighted by Crippen LogP contribution is -2.57. The van der Waals surface area contributed by atoms with Gasteiger partial charge in [-0.25, -0.2) is 9.78 Å². The Morgan fingerprint density at radius 2 is 1.51 bits per heavy atom. The van der Waals surface area contributed by atoms with Gasteiger partial charge in [-0.15, -0.1) is 0 Å². The molecular formula is C24H34N6O5. The van der Waals surface area contributed by atoms with Gasteiger partial charge >= 0.3 is 5.97 Å². The smallest absolute Gasteiger partial charge is 0.326 e. The first kappa shape index (κ1) is 27.5. The number of benzene rings is 1. The molecule has 3 amide bonds. The van der Waals surface area contributed by atoms with Crippen LogP contribution < -0.4 is 21.7 Å². The molecule has 2 aromatic rings. The van der Waals surface area contributed by atoms with Crippen molar-refractivity contribution in [1.82, 2.24) is 25.9 Å². The molecule has 0 aliphatic carbocycles. The van der Waals surface area contributed by atoms with E-state index in [9.17, 15) is 24.3 Å². The number of H-pyrrole nitrogens is 1. The third-order valence-electron chi connectivity index (χ3n) is 5.26. The maximum absolute atomic E-state index is 13.2. The summed E-state index contributed by atoms with van der Waals surface area (Å²) in [6, 6.07) is 5.01. The number of imidazole rings is 1. The van der Waals surface area contributed by atoms with E-state index in [0.717, 1.165) is 5.56 Å². The van der Waals surface area contributed by atoms with Crippen molar-refractivity contribution < 1.29 is 24.3 Å². The molecule has 0 spiro atoms. The molecule has 2 rings (SSSR count). The van der Waals surface area contributed by atoms with E-state index >= 15 is 0 Å². The normalized spacial score (nSPS) is 14.4. The number of carboxylic acid groups (broad SMARTS) is 1. The number of aliphatic carboxylic acids is 1. The zero-order chi connectivity index (χ0) is 26.0. The Bertz CT molecular complexity index is 978. The topological polar surface area (TPSA) is 179 Å². The number of hydrogen-bond donors (Lipinski definition) is 6. The molecule has 11 heteroatoms. The number of rotatable bonds is 13. The number of amides is 3. The maximum Gasteiger partial charge on any atom is 0.326 e.